The Kier molecular flexibility index (Phi) is 17.3. The topological polar surface area (TPSA) is 135 Å². The van der Waals surface area contributed by atoms with Crippen molar-refractivity contribution in [2.75, 3.05) is 20.3 Å². The number of hydrogen-bond acceptors (Lipinski definition) is 8. The van der Waals surface area contributed by atoms with Gasteiger partial charge in [0, 0.05) is 20.1 Å². The minimum atomic E-state index is -2.17. The summed E-state index contributed by atoms with van der Waals surface area (Å²) >= 11 is 17.3. The number of halogens is 3. The maximum Gasteiger partial charge on any atom is 0.325 e. The van der Waals surface area contributed by atoms with Crippen LogP contribution in [0.3, 0.4) is 0 Å². The van der Waals surface area contributed by atoms with Gasteiger partial charge >= 0.3 is 5.97 Å². The molecule has 51 heavy (non-hydrogen) atoms. The maximum absolute atomic E-state index is 14.2. The molecule has 3 amide bonds. The number of methoxy groups -OCH3 is 1. The zero-order chi connectivity index (χ0) is 38.7. The van der Waals surface area contributed by atoms with E-state index in [-0.39, 0.29) is 35.9 Å². The minimum Gasteiger partial charge on any atom is -0.543 e. The number of carbonyl (C=O) groups is 4. The van der Waals surface area contributed by atoms with Gasteiger partial charge in [-0.1, -0.05) is 94.6 Å². The van der Waals surface area contributed by atoms with Gasteiger partial charge in [0.1, 0.15) is 30.5 Å². The smallest absolute Gasteiger partial charge is 0.325 e. The number of carbonyl (C=O) groups excluding carboxylic acids is 4. The predicted molar refractivity (Wildman–Crippen MR) is 205 cm³/mol. The predicted octanol–water partition coefficient (Wildman–Crippen LogP) is 6.27. The molecule has 1 aliphatic rings. The second kappa shape index (κ2) is 19.6. The van der Waals surface area contributed by atoms with Gasteiger partial charge in [-0.2, -0.15) is 0 Å². The van der Waals surface area contributed by atoms with Crippen LogP contribution < -0.4 is 20.5 Å². The van der Waals surface area contributed by atoms with Crippen molar-refractivity contribution in [2.45, 2.75) is 120 Å². The zero-order valence-electron chi connectivity index (χ0n) is 31.4. The van der Waals surface area contributed by atoms with Crippen LogP contribution in [0.4, 0.5) is 0 Å². The molecule has 1 heterocycles. The number of ether oxygens (including phenoxy) is 2. The van der Waals surface area contributed by atoms with Crippen molar-refractivity contribution in [3.63, 3.8) is 0 Å². The van der Waals surface area contributed by atoms with Gasteiger partial charge in [0.15, 0.2) is 0 Å². The molecule has 0 aliphatic carbocycles. The van der Waals surface area contributed by atoms with Gasteiger partial charge < -0.3 is 24.5 Å². The summed E-state index contributed by atoms with van der Waals surface area (Å²) in [5.41, 5.74) is 3.70. The van der Waals surface area contributed by atoms with Crippen LogP contribution in [0.25, 0.3) is 0 Å². The molecule has 1 fully saturated rings. The van der Waals surface area contributed by atoms with Gasteiger partial charge in [-0.3, -0.25) is 24.2 Å². The van der Waals surface area contributed by atoms with E-state index in [0.29, 0.717) is 31.4 Å². The number of benzene rings is 1. The van der Waals surface area contributed by atoms with Crippen LogP contribution >= 0.6 is 34.8 Å². The highest BCUT2D eigenvalue weighted by Crippen LogP contribution is 2.37. The Labute approximate surface area is 319 Å². The van der Waals surface area contributed by atoms with Crippen LogP contribution in [0.15, 0.2) is 36.9 Å². The molecule has 1 aromatic rings. The summed E-state index contributed by atoms with van der Waals surface area (Å²) in [5, 5.41) is 7.09. The first-order valence-corrected chi connectivity index (χ1v) is 21.5. The van der Waals surface area contributed by atoms with Gasteiger partial charge in [0.25, 0.3) is 5.91 Å². The number of allylic oxidation sites excluding steroid dienone is 1. The number of hydrogen-bond donors (Lipinski definition) is 3. The number of hydrazine groups is 1. The van der Waals surface area contributed by atoms with Crippen molar-refractivity contribution < 1.29 is 33.1 Å². The molecule has 0 spiro atoms. The monoisotopic (exact) mass is 790 g/mol. The normalized spacial score (nSPS) is 17.9. The summed E-state index contributed by atoms with van der Waals surface area (Å²) in [6, 6.07) is 4.60. The number of amides is 3. The number of alkyl halides is 3. The highest BCUT2D eigenvalue weighted by Gasteiger charge is 2.40. The van der Waals surface area contributed by atoms with Crippen molar-refractivity contribution in [1.82, 2.24) is 21.1 Å². The number of esters is 1. The molecule has 3 N–H and O–H groups in total. The third-order valence-corrected chi connectivity index (χ3v) is 14.1. The average molecular weight is 792 g/mol. The van der Waals surface area contributed by atoms with Crippen LogP contribution in [-0.4, -0.2) is 85.3 Å². The van der Waals surface area contributed by atoms with E-state index < -0.39 is 60.5 Å². The van der Waals surface area contributed by atoms with E-state index in [2.05, 4.69) is 56.5 Å². The molecule has 288 valence electrons. The van der Waals surface area contributed by atoms with Gasteiger partial charge in [-0.15, -0.1) is 6.58 Å². The fourth-order valence-electron chi connectivity index (χ4n) is 5.28. The molecule has 0 aromatic heterocycles. The summed E-state index contributed by atoms with van der Waals surface area (Å²) in [7, 11) is -0.621. The van der Waals surface area contributed by atoms with Crippen LogP contribution in [-0.2, 0) is 35.1 Å². The van der Waals surface area contributed by atoms with E-state index in [1.54, 1.807) is 20.1 Å². The van der Waals surface area contributed by atoms with Crippen molar-refractivity contribution in [3.05, 3.63) is 42.5 Å². The standard InChI is InChI=1S/C36H57Cl3N4O7Si/c1-11-12-18-29(48-8)24(4)31(44)41-30(23(2)3)32(45)40-28(21-25-15-13-16-26(20-25)50-51(9,10)35(5,6)7)33(46)43-19-14-17-27(42-43)34(47)49-22-36(37,38)39/h11,13,15-16,20,23-24,27-30,42H,1,12,14,17-19,21-22H2,2-10H3,(H,40,45)(H,41,44)/t24-,27?,28?,29-,30?/m1/s1. The van der Waals surface area contributed by atoms with Crippen LogP contribution in [0, 0.1) is 11.8 Å². The fourth-order valence-corrected chi connectivity index (χ4v) is 6.47. The van der Waals surface area contributed by atoms with E-state index in [1.807, 2.05) is 38.1 Å². The molecule has 5 atom stereocenters. The first-order valence-electron chi connectivity index (χ1n) is 17.4. The number of nitrogens with one attached hydrogen (secondary N) is 3. The molecule has 11 nitrogen and oxygen atoms in total. The SMILES string of the molecule is C=CCC[C@@H](OC)[C@@H](C)C(=O)NC(C(=O)NC(Cc1cccc(O[Si](C)(C)C(C)(C)C)c1)C(=O)N1CCCC(C(=O)OCC(Cl)(Cl)Cl)N1)C(C)C. The quantitative estimate of drug-likeness (QED) is 0.0729. The molecule has 15 heteroatoms. The zero-order valence-corrected chi connectivity index (χ0v) is 34.7. The summed E-state index contributed by atoms with van der Waals surface area (Å²) in [6.07, 6.45) is 3.66. The maximum atomic E-state index is 14.2. The highest BCUT2D eigenvalue weighted by atomic mass is 35.6. The molecule has 1 aromatic carbocycles. The van der Waals surface area contributed by atoms with Crippen molar-refractivity contribution in [3.8, 4) is 5.75 Å². The molecular weight excluding hydrogens is 735 g/mol. The van der Waals surface area contributed by atoms with Crippen LogP contribution in [0.2, 0.25) is 18.1 Å². The molecule has 0 saturated carbocycles. The van der Waals surface area contributed by atoms with Crippen molar-refractivity contribution in [1.29, 1.82) is 0 Å². The molecule has 1 saturated heterocycles. The highest BCUT2D eigenvalue weighted by molar-refractivity contribution is 6.74. The third kappa shape index (κ3) is 14.2. The third-order valence-electron chi connectivity index (χ3n) is 9.42. The first kappa shape index (κ1) is 44.8. The molecule has 1 aliphatic heterocycles. The van der Waals surface area contributed by atoms with E-state index >= 15 is 0 Å². The minimum absolute atomic E-state index is 0.0331. The Balaban J connectivity index is 2.38. The Morgan fingerprint density at radius 2 is 1.76 bits per heavy atom. The summed E-state index contributed by atoms with van der Waals surface area (Å²) < 4.78 is 15.5. The second-order valence-corrected chi connectivity index (χ2v) is 22.2. The molecule has 0 radical (unpaired) electrons. The Bertz CT molecular complexity index is 1350. The van der Waals surface area contributed by atoms with E-state index in [4.69, 9.17) is 48.7 Å². The average Bonchev–Trinajstić information content (AvgIpc) is 3.04. The van der Waals surface area contributed by atoms with Gasteiger partial charge in [-0.05, 0) is 67.4 Å². The Hall–Kier alpha value is -2.35. The lowest BCUT2D eigenvalue weighted by Gasteiger charge is -2.37. The van der Waals surface area contributed by atoms with E-state index in [1.165, 1.54) is 5.01 Å². The van der Waals surface area contributed by atoms with Gasteiger partial charge in [0.05, 0.1) is 12.0 Å². The second-order valence-electron chi connectivity index (χ2n) is 15.0. The molecule has 3 unspecified atom stereocenters. The largest absolute Gasteiger partial charge is 0.543 e. The van der Waals surface area contributed by atoms with Crippen molar-refractivity contribution >= 4 is 66.8 Å². The fraction of sp³-hybridized carbons (Fsp3) is 0.667. The summed E-state index contributed by atoms with van der Waals surface area (Å²) in [4.78, 5) is 54.3. The Morgan fingerprint density at radius 3 is 2.33 bits per heavy atom. The van der Waals surface area contributed by atoms with Gasteiger partial charge in [0.2, 0.25) is 23.9 Å². The van der Waals surface area contributed by atoms with Crippen molar-refractivity contribution in [2.24, 2.45) is 11.8 Å². The summed E-state index contributed by atoms with van der Waals surface area (Å²) in [5.74, 6) is -2.17. The van der Waals surface area contributed by atoms with Crippen LogP contribution in [0.1, 0.15) is 72.8 Å². The lowest BCUT2D eigenvalue weighted by atomic mass is 9.96. The number of rotatable bonds is 17. The number of nitrogens with zero attached hydrogens (tertiary/aromatic N) is 1. The van der Waals surface area contributed by atoms with E-state index in [0.717, 1.165) is 5.56 Å². The Morgan fingerprint density at radius 1 is 1.10 bits per heavy atom. The first-order chi connectivity index (χ1) is 23.6. The lowest BCUT2D eigenvalue weighted by molar-refractivity contribution is -0.153. The lowest BCUT2D eigenvalue weighted by Crippen LogP contribution is -2.62. The molecular formula is C36H57Cl3N4O7Si. The summed E-state index contributed by atoms with van der Waals surface area (Å²) in [6.45, 7) is 19.7. The van der Waals surface area contributed by atoms with Crippen LogP contribution in [0.5, 0.6) is 5.75 Å². The molecule has 2 rings (SSSR count). The van der Waals surface area contributed by atoms with E-state index in [9.17, 15) is 19.2 Å². The van der Waals surface area contributed by atoms with Gasteiger partial charge in [-0.25, -0.2) is 5.43 Å². The molecule has 0 bridgehead atoms.